The highest BCUT2D eigenvalue weighted by atomic mass is 35.5. The zero-order valence-corrected chi connectivity index (χ0v) is 17.0. The molecule has 0 aliphatic carbocycles. The van der Waals surface area contributed by atoms with Gasteiger partial charge in [0.25, 0.3) is 5.91 Å². The second-order valence-electron chi connectivity index (χ2n) is 6.40. The van der Waals surface area contributed by atoms with Gasteiger partial charge in [0.2, 0.25) is 0 Å². The van der Waals surface area contributed by atoms with E-state index in [1.54, 1.807) is 30.0 Å². The lowest BCUT2D eigenvalue weighted by molar-refractivity contribution is 0.102. The molecule has 28 heavy (non-hydrogen) atoms. The minimum atomic E-state index is -0.234. The number of nitrogens with zero attached hydrogens (tertiary/aromatic N) is 2. The van der Waals surface area contributed by atoms with Crippen LogP contribution >= 0.6 is 11.6 Å². The molecule has 7 heteroatoms. The molecular weight excluding hydrogens is 378 g/mol. The monoisotopic (exact) mass is 399 g/mol. The van der Waals surface area contributed by atoms with Crippen LogP contribution in [0.3, 0.4) is 0 Å². The Morgan fingerprint density at radius 2 is 1.86 bits per heavy atom. The minimum absolute atomic E-state index is 0.234. The molecule has 1 N–H and O–H groups in total. The second kappa shape index (κ2) is 8.35. The van der Waals surface area contributed by atoms with Crippen LogP contribution in [0.25, 0.3) is 0 Å². The fourth-order valence-electron chi connectivity index (χ4n) is 2.81. The van der Waals surface area contributed by atoms with E-state index >= 15 is 0 Å². The molecule has 0 saturated heterocycles. The highest BCUT2D eigenvalue weighted by Crippen LogP contribution is 2.29. The number of amides is 1. The average molecular weight is 400 g/mol. The molecule has 0 bridgehead atoms. The number of anilines is 1. The summed E-state index contributed by atoms with van der Waals surface area (Å²) >= 11 is 5.90. The predicted octanol–water partition coefficient (Wildman–Crippen LogP) is 4.53. The summed E-state index contributed by atoms with van der Waals surface area (Å²) < 4.78 is 13.0. The van der Waals surface area contributed by atoms with Gasteiger partial charge in [-0.05, 0) is 49.7 Å². The number of aryl methyl sites for hydroxylation is 2. The lowest BCUT2D eigenvalue weighted by Gasteiger charge is -2.13. The average Bonchev–Trinajstić information content (AvgIpc) is 2.93. The summed E-state index contributed by atoms with van der Waals surface area (Å²) in [5.74, 6) is 0.811. The van der Waals surface area contributed by atoms with Crippen molar-refractivity contribution in [2.24, 2.45) is 7.05 Å². The third kappa shape index (κ3) is 4.28. The number of rotatable bonds is 6. The fourth-order valence-corrected chi connectivity index (χ4v) is 2.94. The molecule has 0 fully saturated rings. The van der Waals surface area contributed by atoms with Crippen molar-refractivity contribution in [3.05, 3.63) is 70.0 Å². The first-order valence-electron chi connectivity index (χ1n) is 8.76. The molecule has 3 aromatic rings. The Labute approximate surface area is 169 Å². The van der Waals surface area contributed by atoms with Gasteiger partial charge in [-0.25, -0.2) is 0 Å². The van der Waals surface area contributed by atoms with Crippen LogP contribution < -0.4 is 14.8 Å². The minimum Gasteiger partial charge on any atom is -0.493 e. The van der Waals surface area contributed by atoms with Crippen LogP contribution in [0.2, 0.25) is 5.02 Å². The molecule has 0 aliphatic rings. The van der Waals surface area contributed by atoms with Gasteiger partial charge in [0.15, 0.2) is 11.5 Å². The molecule has 2 aromatic carbocycles. The van der Waals surface area contributed by atoms with Crippen LogP contribution in [-0.4, -0.2) is 22.8 Å². The first-order valence-corrected chi connectivity index (χ1v) is 9.13. The van der Waals surface area contributed by atoms with Crippen molar-refractivity contribution >= 4 is 23.2 Å². The van der Waals surface area contributed by atoms with Gasteiger partial charge in [-0.2, -0.15) is 5.10 Å². The molecule has 3 rings (SSSR count). The molecule has 1 amide bonds. The number of halogens is 1. The molecule has 0 spiro atoms. The van der Waals surface area contributed by atoms with Crippen molar-refractivity contribution < 1.29 is 14.3 Å². The van der Waals surface area contributed by atoms with Crippen LogP contribution in [0.15, 0.2) is 42.5 Å². The van der Waals surface area contributed by atoms with Crippen LogP contribution in [0.5, 0.6) is 11.5 Å². The summed E-state index contributed by atoms with van der Waals surface area (Å²) in [6.45, 7) is 4.13. The quantitative estimate of drug-likeness (QED) is 0.661. The van der Waals surface area contributed by atoms with Crippen molar-refractivity contribution in [2.75, 3.05) is 12.4 Å². The third-order valence-corrected chi connectivity index (χ3v) is 4.73. The summed E-state index contributed by atoms with van der Waals surface area (Å²) in [6, 6.07) is 12.5. The number of carbonyl (C=O) groups is 1. The van der Waals surface area contributed by atoms with Crippen LogP contribution in [-0.2, 0) is 13.7 Å². The molecule has 146 valence electrons. The van der Waals surface area contributed by atoms with Crippen LogP contribution in [0.4, 0.5) is 5.69 Å². The van der Waals surface area contributed by atoms with Gasteiger partial charge in [-0.3, -0.25) is 9.48 Å². The van der Waals surface area contributed by atoms with Crippen molar-refractivity contribution in [3.8, 4) is 11.5 Å². The molecule has 1 heterocycles. The molecule has 0 saturated carbocycles. The largest absolute Gasteiger partial charge is 0.493 e. The Balaban J connectivity index is 1.74. The lowest BCUT2D eigenvalue weighted by atomic mass is 10.1. The van der Waals surface area contributed by atoms with E-state index in [1.807, 2.05) is 45.2 Å². The van der Waals surface area contributed by atoms with Gasteiger partial charge >= 0.3 is 0 Å². The van der Waals surface area contributed by atoms with Crippen molar-refractivity contribution in [2.45, 2.75) is 20.5 Å². The Hall–Kier alpha value is -2.99. The molecule has 0 radical (unpaired) electrons. The smallest absolute Gasteiger partial charge is 0.255 e. The summed E-state index contributed by atoms with van der Waals surface area (Å²) in [6.07, 6.45) is 0. The predicted molar refractivity (Wildman–Crippen MR) is 109 cm³/mol. The summed E-state index contributed by atoms with van der Waals surface area (Å²) in [4.78, 5) is 12.7. The van der Waals surface area contributed by atoms with E-state index in [2.05, 4.69) is 10.4 Å². The van der Waals surface area contributed by atoms with Gasteiger partial charge in [0.05, 0.1) is 24.2 Å². The Morgan fingerprint density at radius 1 is 1.14 bits per heavy atom. The number of benzene rings is 2. The van der Waals surface area contributed by atoms with E-state index < -0.39 is 0 Å². The number of ether oxygens (including phenoxy) is 2. The van der Waals surface area contributed by atoms with E-state index in [9.17, 15) is 4.79 Å². The third-order valence-electron chi connectivity index (χ3n) is 4.48. The zero-order chi connectivity index (χ0) is 20.3. The maximum absolute atomic E-state index is 12.7. The lowest BCUT2D eigenvalue weighted by Crippen LogP contribution is -2.13. The van der Waals surface area contributed by atoms with E-state index in [0.29, 0.717) is 28.7 Å². The number of aromatic nitrogens is 2. The van der Waals surface area contributed by atoms with Gasteiger partial charge in [-0.1, -0.05) is 23.7 Å². The van der Waals surface area contributed by atoms with Gasteiger partial charge in [-0.15, -0.1) is 0 Å². The standard InChI is InChI=1S/C21H22ClN3O3/c1-13-20(14(2)25(3)24-13)23-21(26)16-7-10-18(19(11-16)27-4)28-12-15-5-8-17(22)9-6-15/h5-11H,12H2,1-4H3,(H,23,26). The Kier molecular flexibility index (Phi) is 5.90. The Morgan fingerprint density at radius 3 is 2.46 bits per heavy atom. The fraction of sp³-hybridized carbons (Fsp3) is 0.238. The first-order chi connectivity index (χ1) is 13.4. The summed E-state index contributed by atoms with van der Waals surface area (Å²) in [5.41, 5.74) is 3.83. The second-order valence-corrected chi connectivity index (χ2v) is 6.84. The van der Waals surface area contributed by atoms with Crippen molar-refractivity contribution in [1.82, 2.24) is 9.78 Å². The van der Waals surface area contributed by atoms with E-state index in [-0.39, 0.29) is 5.91 Å². The topological polar surface area (TPSA) is 65.4 Å². The summed E-state index contributed by atoms with van der Waals surface area (Å²) in [5, 5.41) is 7.91. The van der Waals surface area contributed by atoms with E-state index in [4.69, 9.17) is 21.1 Å². The van der Waals surface area contributed by atoms with Crippen LogP contribution in [0, 0.1) is 13.8 Å². The molecule has 0 unspecified atom stereocenters. The number of nitrogens with one attached hydrogen (secondary N) is 1. The maximum atomic E-state index is 12.7. The number of methoxy groups -OCH3 is 1. The highest BCUT2D eigenvalue weighted by Gasteiger charge is 2.16. The van der Waals surface area contributed by atoms with Crippen molar-refractivity contribution in [3.63, 3.8) is 0 Å². The van der Waals surface area contributed by atoms with Crippen molar-refractivity contribution in [1.29, 1.82) is 0 Å². The van der Waals surface area contributed by atoms with Gasteiger partial charge < -0.3 is 14.8 Å². The zero-order valence-electron chi connectivity index (χ0n) is 16.2. The molecular formula is C21H22ClN3O3. The molecule has 6 nitrogen and oxygen atoms in total. The molecule has 1 aromatic heterocycles. The first kappa shape index (κ1) is 19.8. The number of hydrogen-bond acceptors (Lipinski definition) is 4. The number of carbonyl (C=O) groups excluding carboxylic acids is 1. The van der Waals surface area contributed by atoms with Gasteiger partial charge in [0, 0.05) is 17.6 Å². The van der Waals surface area contributed by atoms with E-state index in [0.717, 1.165) is 22.6 Å². The Bertz CT molecular complexity index is 997. The summed E-state index contributed by atoms with van der Waals surface area (Å²) in [7, 11) is 3.38. The molecule has 0 aliphatic heterocycles. The maximum Gasteiger partial charge on any atom is 0.255 e. The van der Waals surface area contributed by atoms with E-state index in [1.165, 1.54) is 0 Å². The normalized spacial score (nSPS) is 10.6. The van der Waals surface area contributed by atoms with Crippen LogP contribution in [0.1, 0.15) is 27.3 Å². The van der Waals surface area contributed by atoms with Gasteiger partial charge in [0.1, 0.15) is 6.61 Å². The number of hydrogen-bond donors (Lipinski definition) is 1. The molecule has 0 atom stereocenters. The highest BCUT2D eigenvalue weighted by molar-refractivity contribution is 6.30. The SMILES string of the molecule is COc1cc(C(=O)Nc2c(C)nn(C)c2C)ccc1OCc1ccc(Cl)cc1.